The van der Waals surface area contributed by atoms with Crippen molar-refractivity contribution in [3.05, 3.63) is 33.9 Å². The lowest BCUT2D eigenvalue weighted by molar-refractivity contribution is -0.385. The number of nitro groups is 1. The molecule has 0 bridgehead atoms. The van der Waals surface area contributed by atoms with Crippen LogP contribution in [0.25, 0.3) is 0 Å². The van der Waals surface area contributed by atoms with Gasteiger partial charge in [-0.1, -0.05) is 0 Å². The number of nitro benzene ring substituents is 1. The second-order valence-corrected chi connectivity index (χ2v) is 4.90. The molecule has 0 spiro atoms. The normalized spacial score (nSPS) is 11.3. The van der Waals surface area contributed by atoms with Crippen LogP contribution in [0.2, 0.25) is 0 Å². The molecule has 1 aromatic rings. The molecule has 0 aromatic heterocycles. The average Bonchev–Trinajstić information content (AvgIpc) is 2.28. The van der Waals surface area contributed by atoms with Gasteiger partial charge < -0.3 is 10.1 Å². The Morgan fingerprint density at radius 2 is 2.11 bits per heavy atom. The Balaban J connectivity index is 2.59. The second-order valence-electron chi connectivity index (χ2n) is 4.90. The summed E-state index contributed by atoms with van der Waals surface area (Å²) in [6.07, 6.45) is 0.861. The Hall–Kier alpha value is -1.62. The van der Waals surface area contributed by atoms with Crippen molar-refractivity contribution in [1.29, 1.82) is 0 Å². The van der Waals surface area contributed by atoms with Crippen molar-refractivity contribution in [3.63, 3.8) is 0 Å². The lowest BCUT2D eigenvalue weighted by atomic mass is 10.1. The molecule has 0 aliphatic heterocycles. The fourth-order valence-corrected chi connectivity index (χ4v) is 1.58. The summed E-state index contributed by atoms with van der Waals surface area (Å²) in [5, 5.41) is 13.9. The van der Waals surface area contributed by atoms with E-state index in [2.05, 4.69) is 5.32 Å². The van der Waals surface area contributed by atoms with Gasteiger partial charge in [0.15, 0.2) is 0 Å². The predicted octanol–water partition coefficient (Wildman–Crippen LogP) is 3.13. The number of hydrogen-bond acceptors (Lipinski definition) is 4. The molecule has 5 heteroatoms. The maximum Gasteiger partial charge on any atom is 0.272 e. The minimum Gasteiger partial charge on any atom is -0.385 e. The number of anilines is 1. The fourth-order valence-electron chi connectivity index (χ4n) is 1.58. The van der Waals surface area contributed by atoms with E-state index in [1.165, 1.54) is 6.07 Å². The molecule has 0 aliphatic rings. The van der Waals surface area contributed by atoms with E-state index in [4.69, 9.17) is 4.74 Å². The molecule has 1 rings (SSSR count). The highest BCUT2D eigenvalue weighted by Gasteiger charge is 2.15. The maximum absolute atomic E-state index is 10.7. The van der Waals surface area contributed by atoms with Gasteiger partial charge >= 0.3 is 0 Å². The predicted molar refractivity (Wildman–Crippen MR) is 72.0 cm³/mol. The summed E-state index contributed by atoms with van der Waals surface area (Å²) in [5.74, 6) is 0. The van der Waals surface area contributed by atoms with Crippen LogP contribution < -0.4 is 5.32 Å². The summed E-state index contributed by atoms with van der Waals surface area (Å²) < 4.78 is 5.32. The largest absolute Gasteiger partial charge is 0.385 e. The van der Waals surface area contributed by atoms with Gasteiger partial charge in [-0.3, -0.25) is 10.1 Å². The molecule has 1 aromatic carbocycles. The summed E-state index contributed by atoms with van der Waals surface area (Å²) in [6.45, 7) is 6.55. The number of methoxy groups -OCH3 is 1. The van der Waals surface area contributed by atoms with Crippen LogP contribution in [-0.2, 0) is 4.74 Å². The average molecular weight is 252 g/mol. The van der Waals surface area contributed by atoms with E-state index >= 15 is 0 Å². The van der Waals surface area contributed by atoms with Gasteiger partial charge in [0.1, 0.15) is 0 Å². The van der Waals surface area contributed by atoms with E-state index in [0.717, 1.165) is 18.7 Å². The molecule has 1 N–H and O–H groups in total. The number of aryl methyl sites for hydroxylation is 1. The quantitative estimate of drug-likeness (QED) is 0.624. The van der Waals surface area contributed by atoms with Crippen molar-refractivity contribution in [2.45, 2.75) is 32.8 Å². The molecular weight excluding hydrogens is 232 g/mol. The van der Waals surface area contributed by atoms with E-state index in [1.54, 1.807) is 26.2 Å². The Morgan fingerprint density at radius 1 is 1.44 bits per heavy atom. The number of rotatable bonds is 6. The van der Waals surface area contributed by atoms with E-state index in [-0.39, 0.29) is 16.2 Å². The van der Waals surface area contributed by atoms with Crippen LogP contribution in [0.1, 0.15) is 25.8 Å². The fraction of sp³-hybridized carbons (Fsp3) is 0.538. The molecule has 0 saturated heterocycles. The standard InChI is InChI=1S/C13H20N2O3/c1-10-9-11(5-6-12(10)15(16)17)14-8-7-13(2,3)18-4/h5-6,9,14H,7-8H2,1-4H3. The van der Waals surface area contributed by atoms with Gasteiger partial charge in [-0.25, -0.2) is 0 Å². The Morgan fingerprint density at radius 3 is 2.61 bits per heavy atom. The summed E-state index contributed by atoms with van der Waals surface area (Å²) in [7, 11) is 1.69. The van der Waals surface area contributed by atoms with E-state index in [9.17, 15) is 10.1 Å². The lowest BCUT2D eigenvalue weighted by Crippen LogP contribution is -2.25. The van der Waals surface area contributed by atoms with Crippen molar-refractivity contribution in [2.24, 2.45) is 0 Å². The molecule has 18 heavy (non-hydrogen) atoms. The summed E-state index contributed by atoms with van der Waals surface area (Å²) in [6, 6.07) is 5.04. The molecule has 0 fully saturated rings. The van der Waals surface area contributed by atoms with Crippen molar-refractivity contribution < 1.29 is 9.66 Å². The van der Waals surface area contributed by atoms with Gasteiger partial charge in [0, 0.05) is 31.0 Å². The van der Waals surface area contributed by atoms with Crippen LogP contribution in [0.5, 0.6) is 0 Å². The molecule has 0 radical (unpaired) electrons. The SMILES string of the molecule is COC(C)(C)CCNc1ccc([N+](=O)[O-])c(C)c1. The molecule has 0 aliphatic carbocycles. The third kappa shape index (κ3) is 4.00. The lowest BCUT2D eigenvalue weighted by Gasteiger charge is -2.23. The number of ether oxygens (including phenoxy) is 1. The summed E-state index contributed by atoms with van der Waals surface area (Å²) in [5.41, 5.74) is 1.54. The molecule has 0 saturated carbocycles. The van der Waals surface area contributed by atoms with Crippen molar-refractivity contribution in [1.82, 2.24) is 0 Å². The molecule has 0 unspecified atom stereocenters. The van der Waals surface area contributed by atoms with Crippen LogP contribution in [0.3, 0.4) is 0 Å². The molecular formula is C13H20N2O3. The molecule has 0 heterocycles. The number of nitrogens with one attached hydrogen (secondary N) is 1. The van der Waals surface area contributed by atoms with E-state index in [0.29, 0.717) is 5.56 Å². The minimum absolute atomic E-state index is 0.151. The second kappa shape index (κ2) is 5.82. The first-order chi connectivity index (χ1) is 8.35. The summed E-state index contributed by atoms with van der Waals surface area (Å²) >= 11 is 0. The van der Waals surface area contributed by atoms with E-state index in [1.807, 2.05) is 13.8 Å². The maximum atomic E-state index is 10.7. The number of hydrogen-bond donors (Lipinski definition) is 1. The third-order valence-electron chi connectivity index (χ3n) is 3.00. The highest BCUT2D eigenvalue weighted by atomic mass is 16.6. The first-order valence-corrected chi connectivity index (χ1v) is 5.90. The van der Waals surface area contributed by atoms with Crippen molar-refractivity contribution in [2.75, 3.05) is 19.0 Å². The van der Waals surface area contributed by atoms with Gasteiger partial charge in [-0.05, 0) is 39.3 Å². The van der Waals surface area contributed by atoms with Crippen molar-refractivity contribution in [3.8, 4) is 0 Å². The van der Waals surface area contributed by atoms with Crippen molar-refractivity contribution >= 4 is 11.4 Å². The zero-order valence-electron chi connectivity index (χ0n) is 11.3. The first-order valence-electron chi connectivity index (χ1n) is 5.90. The Bertz CT molecular complexity index is 430. The van der Waals surface area contributed by atoms with Gasteiger partial charge in [-0.2, -0.15) is 0 Å². The Labute approximate surface area is 107 Å². The zero-order chi connectivity index (χ0) is 13.8. The minimum atomic E-state index is -0.368. The topological polar surface area (TPSA) is 64.4 Å². The van der Waals surface area contributed by atoms with E-state index < -0.39 is 0 Å². The van der Waals surface area contributed by atoms with Crippen LogP contribution >= 0.6 is 0 Å². The number of nitrogens with zero attached hydrogens (tertiary/aromatic N) is 1. The van der Waals surface area contributed by atoms with Crippen LogP contribution in [0.4, 0.5) is 11.4 Å². The van der Waals surface area contributed by atoms with Crippen LogP contribution in [0.15, 0.2) is 18.2 Å². The van der Waals surface area contributed by atoms with Crippen LogP contribution in [-0.4, -0.2) is 24.2 Å². The molecule has 5 nitrogen and oxygen atoms in total. The summed E-state index contributed by atoms with van der Waals surface area (Å²) in [4.78, 5) is 10.3. The highest BCUT2D eigenvalue weighted by molar-refractivity contribution is 5.53. The molecule has 0 atom stereocenters. The third-order valence-corrected chi connectivity index (χ3v) is 3.00. The van der Waals surface area contributed by atoms with Crippen LogP contribution in [0, 0.1) is 17.0 Å². The van der Waals surface area contributed by atoms with Gasteiger partial charge in [0.2, 0.25) is 0 Å². The van der Waals surface area contributed by atoms with Gasteiger partial charge in [-0.15, -0.1) is 0 Å². The Kier molecular flexibility index (Phi) is 4.67. The smallest absolute Gasteiger partial charge is 0.272 e. The molecule has 100 valence electrons. The zero-order valence-corrected chi connectivity index (χ0v) is 11.3. The highest BCUT2D eigenvalue weighted by Crippen LogP contribution is 2.22. The monoisotopic (exact) mass is 252 g/mol. The van der Waals surface area contributed by atoms with Gasteiger partial charge in [0.05, 0.1) is 10.5 Å². The molecule has 0 amide bonds. The number of benzene rings is 1. The first kappa shape index (κ1) is 14.4. The van der Waals surface area contributed by atoms with Gasteiger partial charge in [0.25, 0.3) is 5.69 Å².